The zero-order valence-corrected chi connectivity index (χ0v) is 13.8. The summed E-state index contributed by atoms with van der Waals surface area (Å²) in [6.07, 6.45) is 1.04. The second-order valence-electron chi connectivity index (χ2n) is 7.05. The standard InChI is InChI=1S/C25H16/c1-2-7-18-12-20-14-24-21(13-19(20)11-17(18)6-1)15-25-22-8-4-3-5-16(22)9-10-23(24)25/h1-14H,15H2. The van der Waals surface area contributed by atoms with Crippen molar-refractivity contribution in [2.24, 2.45) is 0 Å². The van der Waals surface area contributed by atoms with Crippen LogP contribution in [-0.2, 0) is 6.42 Å². The highest BCUT2D eigenvalue weighted by Crippen LogP contribution is 2.42. The Labute approximate surface area is 146 Å². The summed E-state index contributed by atoms with van der Waals surface area (Å²) in [5, 5.41) is 8.03. The predicted molar refractivity (Wildman–Crippen MR) is 107 cm³/mol. The summed E-state index contributed by atoms with van der Waals surface area (Å²) in [4.78, 5) is 0. The lowest BCUT2D eigenvalue weighted by Crippen LogP contribution is -1.83. The van der Waals surface area contributed by atoms with E-state index < -0.39 is 0 Å². The van der Waals surface area contributed by atoms with Gasteiger partial charge in [-0.3, -0.25) is 0 Å². The van der Waals surface area contributed by atoms with Crippen LogP contribution in [0.3, 0.4) is 0 Å². The van der Waals surface area contributed by atoms with Gasteiger partial charge in [-0.2, -0.15) is 0 Å². The molecule has 0 radical (unpaired) electrons. The monoisotopic (exact) mass is 316 g/mol. The molecule has 0 saturated heterocycles. The molecule has 0 nitrogen and oxygen atoms in total. The summed E-state index contributed by atoms with van der Waals surface area (Å²) in [6, 6.07) is 31.4. The molecule has 0 unspecified atom stereocenters. The van der Waals surface area contributed by atoms with E-state index in [2.05, 4.69) is 84.9 Å². The van der Waals surface area contributed by atoms with E-state index in [1.807, 2.05) is 0 Å². The van der Waals surface area contributed by atoms with Crippen LogP contribution in [0.4, 0.5) is 0 Å². The molecule has 0 spiro atoms. The van der Waals surface area contributed by atoms with Crippen molar-refractivity contribution >= 4 is 32.3 Å². The molecular weight excluding hydrogens is 300 g/mol. The molecule has 0 amide bonds. The average molecular weight is 316 g/mol. The highest BCUT2D eigenvalue weighted by Gasteiger charge is 2.21. The normalized spacial score (nSPS) is 12.6. The minimum Gasteiger partial charge on any atom is -0.0616 e. The molecule has 5 aromatic carbocycles. The van der Waals surface area contributed by atoms with E-state index in [9.17, 15) is 0 Å². The fourth-order valence-electron chi connectivity index (χ4n) is 4.41. The van der Waals surface area contributed by atoms with Crippen molar-refractivity contribution in [1.82, 2.24) is 0 Å². The van der Waals surface area contributed by atoms with Gasteiger partial charge in [0.15, 0.2) is 0 Å². The summed E-state index contributed by atoms with van der Waals surface area (Å²) < 4.78 is 0. The van der Waals surface area contributed by atoms with Crippen LogP contribution in [0.15, 0.2) is 84.9 Å². The van der Waals surface area contributed by atoms with Crippen LogP contribution in [-0.4, -0.2) is 0 Å². The van der Waals surface area contributed by atoms with Gasteiger partial charge in [0.25, 0.3) is 0 Å². The third-order valence-corrected chi connectivity index (χ3v) is 5.62. The van der Waals surface area contributed by atoms with Gasteiger partial charge in [-0.1, -0.05) is 66.7 Å². The smallest absolute Gasteiger partial charge is 0.000706 e. The first kappa shape index (κ1) is 13.2. The molecule has 1 aliphatic carbocycles. The van der Waals surface area contributed by atoms with Gasteiger partial charge >= 0.3 is 0 Å². The SMILES string of the molecule is c1ccc2cc3cc4c(cc3cc2c1)Cc1c-4ccc2ccccc12. The topological polar surface area (TPSA) is 0 Å². The van der Waals surface area contributed by atoms with Gasteiger partial charge in [-0.25, -0.2) is 0 Å². The first-order chi connectivity index (χ1) is 12.4. The third kappa shape index (κ3) is 1.82. The molecule has 6 rings (SSSR count). The van der Waals surface area contributed by atoms with Crippen LogP contribution in [0, 0.1) is 0 Å². The lowest BCUT2D eigenvalue weighted by molar-refractivity contribution is 1.29. The zero-order chi connectivity index (χ0) is 16.4. The molecule has 25 heavy (non-hydrogen) atoms. The molecule has 0 bridgehead atoms. The second-order valence-corrected chi connectivity index (χ2v) is 7.05. The summed E-state index contributed by atoms with van der Waals surface area (Å²) in [5.74, 6) is 0. The van der Waals surface area contributed by atoms with Gasteiger partial charge in [0.2, 0.25) is 0 Å². The Kier molecular flexibility index (Phi) is 2.48. The third-order valence-electron chi connectivity index (χ3n) is 5.62. The van der Waals surface area contributed by atoms with Crippen molar-refractivity contribution in [3.8, 4) is 11.1 Å². The average Bonchev–Trinajstić information content (AvgIpc) is 3.02. The Bertz CT molecular complexity index is 1310. The van der Waals surface area contributed by atoms with Crippen molar-refractivity contribution in [3.05, 3.63) is 96.1 Å². The molecular formula is C25H16. The van der Waals surface area contributed by atoms with Crippen LogP contribution >= 0.6 is 0 Å². The minimum atomic E-state index is 1.04. The van der Waals surface area contributed by atoms with E-state index >= 15 is 0 Å². The van der Waals surface area contributed by atoms with Crippen molar-refractivity contribution < 1.29 is 0 Å². The predicted octanol–water partition coefficient (Wildman–Crippen LogP) is 6.72. The van der Waals surface area contributed by atoms with Gasteiger partial charge < -0.3 is 0 Å². The number of hydrogen-bond donors (Lipinski definition) is 0. The Balaban J connectivity index is 1.67. The maximum Gasteiger partial charge on any atom is -0.000706 e. The molecule has 0 N–H and O–H groups in total. The summed E-state index contributed by atoms with van der Waals surface area (Å²) in [6.45, 7) is 0. The van der Waals surface area contributed by atoms with Crippen LogP contribution in [0.25, 0.3) is 43.4 Å². The Morgan fingerprint density at radius 1 is 0.480 bits per heavy atom. The first-order valence-corrected chi connectivity index (χ1v) is 8.83. The van der Waals surface area contributed by atoms with Gasteiger partial charge in [0.05, 0.1) is 0 Å². The van der Waals surface area contributed by atoms with Gasteiger partial charge in [-0.15, -0.1) is 0 Å². The maximum absolute atomic E-state index is 2.39. The van der Waals surface area contributed by atoms with Crippen molar-refractivity contribution in [2.45, 2.75) is 6.42 Å². The molecule has 0 aromatic heterocycles. The fraction of sp³-hybridized carbons (Fsp3) is 0.0400. The molecule has 5 aromatic rings. The van der Waals surface area contributed by atoms with E-state index in [0.717, 1.165) is 6.42 Å². The quantitative estimate of drug-likeness (QED) is 0.273. The van der Waals surface area contributed by atoms with E-state index in [-0.39, 0.29) is 0 Å². The van der Waals surface area contributed by atoms with Crippen LogP contribution in [0.1, 0.15) is 11.1 Å². The van der Waals surface area contributed by atoms with Crippen molar-refractivity contribution in [3.63, 3.8) is 0 Å². The van der Waals surface area contributed by atoms with Gasteiger partial charge in [0.1, 0.15) is 0 Å². The molecule has 0 fully saturated rings. The zero-order valence-electron chi connectivity index (χ0n) is 13.8. The van der Waals surface area contributed by atoms with Crippen LogP contribution in [0.2, 0.25) is 0 Å². The van der Waals surface area contributed by atoms with Crippen LogP contribution < -0.4 is 0 Å². The highest BCUT2D eigenvalue weighted by atomic mass is 14.2. The largest absolute Gasteiger partial charge is 0.0616 e. The Morgan fingerprint density at radius 2 is 1.16 bits per heavy atom. The van der Waals surface area contributed by atoms with E-state index in [1.165, 1.54) is 54.6 Å². The second kappa shape index (κ2) is 4.70. The Hall–Kier alpha value is -3.12. The summed E-state index contributed by atoms with van der Waals surface area (Å²) in [7, 11) is 0. The van der Waals surface area contributed by atoms with Crippen molar-refractivity contribution in [1.29, 1.82) is 0 Å². The van der Waals surface area contributed by atoms with E-state index in [4.69, 9.17) is 0 Å². The first-order valence-electron chi connectivity index (χ1n) is 8.83. The molecule has 116 valence electrons. The molecule has 0 heteroatoms. The molecule has 0 aliphatic heterocycles. The summed E-state index contributed by atoms with van der Waals surface area (Å²) in [5.41, 5.74) is 5.74. The minimum absolute atomic E-state index is 1.04. The molecule has 0 atom stereocenters. The van der Waals surface area contributed by atoms with Crippen molar-refractivity contribution in [2.75, 3.05) is 0 Å². The number of fused-ring (bicyclic) bond motifs is 7. The van der Waals surface area contributed by atoms with Gasteiger partial charge in [0, 0.05) is 0 Å². The lowest BCUT2D eigenvalue weighted by Gasteiger charge is -2.07. The number of rotatable bonds is 0. The van der Waals surface area contributed by atoms with Crippen LogP contribution in [0.5, 0.6) is 0 Å². The summed E-state index contributed by atoms with van der Waals surface area (Å²) >= 11 is 0. The number of hydrogen-bond acceptors (Lipinski definition) is 0. The number of benzene rings is 5. The van der Waals surface area contributed by atoms with Gasteiger partial charge in [-0.05, 0) is 79.2 Å². The highest BCUT2D eigenvalue weighted by molar-refractivity contribution is 6.03. The molecule has 0 saturated carbocycles. The maximum atomic E-state index is 2.39. The molecule has 0 heterocycles. The molecule has 1 aliphatic rings. The Morgan fingerprint density at radius 3 is 1.96 bits per heavy atom. The van der Waals surface area contributed by atoms with E-state index in [1.54, 1.807) is 0 Å². The fourth-order valence-corrected chi connectivity index (χ4v) is 4.41. The van der Waals surface area contributed by atoms with E-state index in [0.29, 0.717) is 0 Å². The lowest BCUT2D eigenvalue weighted by atomic mass is 9.97.